The Morgan fingerprint density at radius 2 is 2.33 bits per heavy atom. The van der Waals surface area contributed by atoms with Crippen molar-refractivity contribution in [2.45, 2.75) is 19.8 Å². The Morgan fingerprint density at radius 1 is 1.56 bits per heavy atom. The molecule has 0 aromatic heterocycles. The van der Waals surface area contributed by atoms with E-state index in [9.17, 15) is 4.57 Å². The Labute approximate surface area is 56.0 Å². The molecule has 0 N–H and O–H groups in total. The molecule has 1 rings (SSSR count). The first-order valence-corrected chi connectivity index (χ1v) is 5.49. The molecular weight excluding hydrogens is 135 g/mol. The molecule has 1 aliphatic rings. The minimum absolute atomic E-state index is 0.713. The summed E-state index contributed by atoms with van der Waals surface area (Å²) in [6.07, 6.45) is 3.70. The highest BCUT2D eigenvalue weighted by Crippen LogP contribution is 2.49. The van der Waals surface area contributed by atoms with Gasteiger partial charge in [-0.1, -0.05) is 6.92 Å². The molecule has 1 fully saturated rings. The van der Waals surface area contributed by atoms with E-state index in [1.165, 1.54) is 0 Å². The summed E-state index contributed by atoms with van der Waals surface area (Å²) in [4.78, 5) is 0. The van der Waals surface area contributed by atoms with E-state index in [1.54, 1.807) is 0 Å². The maximum atomic E-state index is 11.4. The zero-order chi connectivity index (χ0) is 6.74. The Kier molecular flexibility index (Phi) is 2.31. The second kappa shape index (κ2) is 2.85. The Bertz CT molecular complexity index is 123. The van der Waals surface area contributed by atoms with Crippen LogP contribution in [0, 0.1) is 0 Å². The second-order valence-corrected chi connectivity index (χ2v) is 5.36. The fourth-order valence-corrected chi connectivity index (χ4v) is 2.79. The van der Waals surface area contributed by atoms with Gasteiger partial charge in [-0.15, -0.1) is 0 Å². The summed E-state index contributed by atoms with van der Waals surface area (Å²) >= 11 is 0. The molecule has 0 aliphatic carbocycles. The zero-order valence-electron chi connectivity index (χ0n) is 5.80. The third kappa shape index (κ3) is 1.80. The van der Waals surface area contributed by atoms with Gasteiger partial charge >= 0.3 is 0 Å². The van der Waals surface area contributed by atoms with Crippen molar-refractivity contribution in [2.24, 2.45) is 0 Å². The highest BCUT2D eigenvalue weighted by Gasteiger charge is 2.22. The predicted octanol–water partition coefficient (Wildman–Crippen LogP) is 2.09. The average Bonchev–Trinajstić information content (AvgIpc) is 1.90. The molecule has 2 nitrogen and oxygen atoms in total. The third-order valence-corrected chi connectivity index (χ3v) is 4.32. The quantitative estimate of drug-likeness (QED) is 0.532. The van der Waals surface area contributed by atoms with Gasteiger partial charge in [0.2, 0.25) is 7.37 Å². The first kappa shape index (κ1) is 7.30. The van der Waals surface area contributed by atoms with Gasteiger partial charge in [-0.2, -0.15) is 0 Å². The van der Waals surface area contributed by atoms with Gasteiger partial charge in [0.05, 0.1) is 6.61 Å². The van der Waals surface area contributed by atoms with E-state index in [-0.39, 0.29) is 0 Å². The van der Waals surface area contributed by atoms with Gasteiger partial charge in [0, 0.05) is 12.3 Å². The zero-order valence-corrected chi connectivity index (χ0v) is 6.69. The normalized spacial score (nSPS) is 36.6. The Hall–Kier alpha value is 0.190. The molecule has 54 valence electrons. The summed E-state index contributed by atoms with van der Waals surface area (Å²) in [5.74, 6) is 0. The summed E-state index contributed by atoms with van der Waals surface area (Å²) in [5, 5.41) is 0. The molecule has 9 heavy (non-hydrogen) atoms. The lowest BCUT2D eigenvalue weighted by molar-refractivity contribution is 0.287. The van der Waals surface area contributed by atoms with E-state index in [2.05, 4.69) is 0 Å². The first-order chi connectivity index (χ1) is 4.27. The van der Waals surface area contributed by atoms with Crippen LogP contribution in [0.2, 0.25) is 0 Å². The molecule has 1 heterocycles. The SMILES string of the molecule is CCP1(=O)CCCCO1. The van der Waals surface area contributed by atoms with Crippen LogP contribution in [0.25, 0.3) is 0 Å². The van der Waals surface area contributed by atoms with Crippen molar-refractivity contribution in [3.63, 3.8) is 0 Å². The molecule has 1 saturated heterocycles. The average molecular weight is 148 g/mol. The van der Waals surface area contributed by atoms with Gasteiger partial charge in [0.25, 0.3) is 0 Å². The molecule has 0 spiro atoms. The van der Waals surface area contributed by atoms with E-state index < -0.39 is 7.37 Å². The first-order valence-electron chi connectivity index (χ1n) is 3.49. The number of hydrogen-bond acceptors (Lipinski definition) is 2. The monoisotopic (exact) mass is 148 g/mol. The van der Waals surface area contributed by atoms with Crippen LogP contribution < -0.4 is 0 Å². The maximum Gasteiger partial charge on any atom is 0.202 e. The second-order valence-electron chi connectivity index (χ2n) is 2.39. The lowest BCUT2D eigenvalue weighted by Gasteiger charge is -2.21. The molecule has 1 unspecified atom stereocenters. The van der Waals surface area contributed by atoms with Crippen LogP contribution in [0.3, 0.4) is 0 Å². The lowest BCUT2D eigenvalue weighted by atomic mass is 10.4. The molecule has 0 aromatic rings. The van der Waals surface area contributed by atoms with Gasteiger partial charge in [-0.3, -0.25) is 4.57 Å². The van der Waals surface area contributed by atoms with Crippen molar-refractivity contribution in [3.8, 4) is 0 Å². The van der Waals surface area contributed by atoms with Crippen LogP contribution in [0.15, 0.2) is 0 Å². The lowest BCUT2D eigenvalue weighted by Crippen LogP contribution is -2.06. The summed E-state index contributed by atoms with van der Waals surface area (Å²) in [6, 6.07) is 0. The molecule has 0 amide bonds. The van der Waals surface area contributed by atoms with E-state index in [0.29, 0.717) is 12.8 Å². The maximum absolute atomic E-state index is 11.4. The van der Waals surface area contributed by atoms with Crippen molar-refractivity contribution < 1.29 is 9.09 Å². The van der Waals surface area contributed by atoms with Crippen LogP contribution in [0.5, 0.6) is 0 Å². The van der Waals surface area contributed by atoms with Crippen LogP contribution in [0.1, 0.15) is 19.8 Å². The molecule has 0 bridgehead atoms. The van der Waals surface area contributed by atoms with Crippen LogP contribution in [-0.2, 0) is 9.09 Å². The Morgan fingerprint density at radius 3 is 2.67 bits per heavy atom. The smallest absolute Gasteiger partial charge is 0.202 e. The molecule has 3 heteroatoms. The molecule has 0 saturated carbocycles. The van der Waals surface area contributed by atoms with Crippen molar-refractivity contribution in [2.75, 3.05) is 18.9 Å². The van der Waals surface area contributed by atoms with Crippen molar-refractivity contribution in [1.82, 2.24) is 0 Å². The van der Waals surface area contributed by atoms with Crippen molar-refractivity contribution >= 4 is 7.37 Å². The summed E-state index contributed by atoms with van der Waals surface area (Å²) in [6.45, 7) is 2.65. The van der Waals surface area contributed by atoms with E-state index in [0.717, 1.165) is 19.0 Å². The third-order valence-electron chi connectivity index (χ3n) is 1.70. The Balaban J connectivity index is 2.47. The van der Waals surface area contributed by atoms with Crippen LogP contribution in [-0.4, -0.2) is 18.9 Å². The van der Waals surface area contributed by atoms with Gasteiger partial charge in [0.15, 0.2) is 0 Å². The fourth-order valence-electron chi connectivity index (χ4n) is 1.000. The highest BCUT2D eigenvalue weighted by atomic mass is 31.2. The minimum atomic E-state index is -2.09. The fraction of sp³-hybridized carbons (Fsp3) is 1.00. The number of rotatable bonds is 1. The van der Waals surface area contributed by atoms with Crippen LogP contribution in [0.4, 0.5) is 0 Å². The van der Waals surface area contributed by atoms with Crippen LogP contribution >= 0.6 is 7.37 Å². The molecule has 0 radical (unpaired) electrons. The predicted molar refractivity (Wildman–Crippen MR) is 38.2 cm³/mol. The minimum Gasteiger partial charge on any atom is -0.328 e. The van der Waals surface area contributed by atoms with E-state index in [4.69, 9.17) is 4.52 Å². The highest BCUT2D eigenvalue weighted by molar-refractivity contribution is 7.58. The molecular formula is C6H13O2P. The molecule has 1 atom stereocenters. The van der Waals surface area contributed by atoms with Gasteiger partial charge in [-0.05, 0) is 12.8 Å². The van der Waals surface area contributed by atoms with Gasteiger partial charge < -0.3 is 4.52 Å². The molecule has 1 aliphatic heterocycles. The molecule has 0 aromatic carbocycles. The van der Waals surface area contributed by atoms with E-state index in [1.807, 2.05) is 6.92 Å². The number of hydrogen-bond donors (Lipinski definition) is 0. The van der Waals surface area contributed by atoms with Crippen molar-refractivity contribution in [3.05, 3.63) is 0 Å². The summed E-state index contributed by atoms with van der Waals surface area (Å²) < 4.78 is 16.5. The van der Waals surface area contributed by atoms with Gasteiger partial charge in [-0.25, -0.2) is 0 Å². The van der Waals surface area contributed by atoms with Crippen molar-refractivity contribution in [1.29, 1.82) is 0 Å². The van der Waals surface area contributed by atoms with E-state index >= 15 is 0 Å². The van der Waals surface area contributed by atoms with Gasteiger partial charge in [0.1, 0.15) is 0 Å². The summed E-state index contributed by atoms with van der Waals surface area (Å²) in [5.41, 5.74) is 0. The topological polar surface area (TPSA) is 26.3 Å². The summed E-state index contributed by atoms with van der Waals surface area (Å²) in [7, 11) is -2.09. The largest absolute Gasteiger partial charge is 0.328 e. The standard InChI is InChI=1S/C6H13O2P/c1-2-9(7)6-4-3-5-8-9/h2-6H2,1H3.